The largest absolute Gasteiger partial charge is 0.331 e. The van der Waals surface area contributed by atoms with E-state index in [1.54, 1.807) is 19.0 Å². The molecule has 1 fully saturated rings. The third-order valence-electron chi connectivity index (χ3n) is 2.36. The van der Waals surface area contributed by atoms with Crippen molar-refractivity contribution in [3.05, 3.63) is 0 Å². The summed E-state index contributed by atoms with van der Waals surface area (Å²) in [5.74, 6) is 0. The van der Waals surface area contributed by atoms with Crippen molar-refractivity contribution in [2.75, 3.05) is 33.7 Å². The molecule has 4 nitrogen and oxygen atoms in total. The van der Waals surface area contributed by atoms with Crippen LogP contribution in [0.25, 0.3) is 0 Å². The summed E-state index contributed by atoms with van der Waals surface area (Å²) in [7, 11) is 3.59. The topological polar surface area (TPSA) is 35.6 Å². The number of amides is 2. The van der Waals surface area contributed by atoms with Crippen LogP contribution in [0.2, 0.25) is 0 Å². The van der Waals surface area contributed by atoms with Crippen LogP contribution in [0.3, 0.4) is 0 Å². The van der Waals surface area contributed by atoms with Crippen LogP contribution in [0.4, 0.5) is 4.79 Å². The standard InChI is InChI=1S/C9H19N3O/c1-8-4-6-12(7-5-10-8)9(13)11(2)3/h8,10H,4-7H2,1-3H3. The average molecular weight is 185 g/mol. The molecule has 13 heavy (non-hydrogen) atoms. The molecule has 0 saturated carbocycles. The molecule has 1 rings (SSSR count). The van der Waals surface area contributed by atoms with E-state index < -0.39 is 0 Å². The first-order valence-corrected chi connectivity index (χ1v) is 4.81. The normalized spacial score (nSPS) is 23.9. The van der Waals surface area contributed by atoms with Gasteiger partial charge in [0.25, 0.3) is 0 Å². The van der Waals surface area contributed by atoms with Gasteiger partial charge in [0.05, 0.1) is 0 Å². The van der Waals surface area contributed by atoms with Crippen molar-refractivity contribution in [1.82, 2.24) is 15.1 Å². The minimum atomic E-state index is 0.121. The number of hydrogen-bond acceptors (Lipinski definition) is 2. The van der Waals surface area contributed by atoms with Crippen LogP contribution < -0.4 is 5.32 Å². The highest BCUT2D eigenvalue weighted by Crippen LogP contribution is 2.02. The number of nitrogens with one attached hydrogen (secondary N) is 1. The lowest BCUT2D eigenvalue weighted by molar-refractivity contribution is 0.174. The SMILES string of the molecule is CC1CCN(C(=O)N(C)C)CCN1. The van der Waals surface area contributed by atoms with Crippen LogP contribution in [0.1, 0.15) is 13.3 Å². The summed E-state index contributed by atoms with van der Waals surface area (Å²) < 4.78 is 0. The van der Waals surface area contributed by atoms with E-state index in [2.05, 4.69) is 12.2 Å². The smallest absolute Gasteiger partial charge is 0.319 e. The summed E-state index contributed by atoms with van der Waals surface area (Å²) >= 11 is 0. The van der Waals surface area contributed by atoms with Crippen molar-refractivity contribution in [3.8, 4) is 0 Å². The Kier molecular flexibility index (Phi) is 3.54. The molecule has 1 saturated heterocycles. The number of carbonyl (C=O) groups excluding carboxylic acids is 1. The van der Waals surface area contributed by atoms with E-state index in [9.17, 15) is 4.79 Å². The molecule has 0 aromatic rings. The quantitative estimate of drug-likeness (QED) is 0.591. The molecule has 4 heteroatoms. The molecular weight excluding hydrogens is 166 g/mol. The first-order chi connectivity index (χ1) is 6.11. The van der Waals surface area contributed by atoms with Crippen molar-refractivity contribution in [2.45, 2.75) is 19.4 Å². The van der Waals surface area contributed by atoms with Crippen LogP contribution in [0, 0.1) is 0 Å². The Morgan fingerprint density at radius 3 is 2.77 bits per heavy atom. The van der Waals surface area contributed by atoms with Gasteiger partial charge in [0.2, 0.25) is 0 Å². The Labute approximate surface area is 79.9 Å². The lowest BCUT2D eigenvalue weighted by Crippen LogP contribution is -2.41. The molecule has 1 N–H and O–H groups in total. The molecule has 1 aliphatic rings. The zero-order chi connectivity index (χ0) is 9.84. The molecule has 2 amide bonds. The van der Waals surface area contributed by atoms with Crippen molar-refractivity contribution in [2.24, 2.45) is 0 Å². The van der Waals surface area contributed by atoms with Gasteiger partial charge < -0.3 is 15.1 Å². The second-order valence-electron chi connectivity index (χ2n) is 3.81. The number of carbonyl (C=O) groups is 1. The Morgan fingerprint density at radius 2 is 2.15 bits per heavy atom. The van der Waals surface area contributed by atoms with Gasteiger partial charge in [-0.25, -0.2) is 4.79 Å². The maximum Gasteiger partial charge on any atom is 0.319 e. The van der Waals surface area contributed by atoms with E-state index in [4.69, 9.17) is 0 Å². The van der Waals surface area contributed by atoms with Crippen molar-refractivity contribution >= 4 is 6.03 Å². The minimum absolute atomic E-state index is 0.121. The summed E-state index contributed by atoms with van der Waals surface area (Å²) in [6.07, 6.45) is 1.04. The molecule has 1 atom stereocenters. The van der Waals surface area contributed by atoms with E-state index in [1.165, 1.54) is 0 Å². The van der Waals surface area contributed by atoms with Gasteiger partial charge in [-0.15, -0.1) is 0 Å². The first-order valence-electron chi connectivity index (χ1n) is 4.81. The van der Waals surface area contributed by atoms with Gasteiger partial charge in [-0.05, 0) is 13.3 Å². The first kappa shape index (κ1) is 10.3. The predicted molar refractivity (Wildman–Crippen MR) is 52.7 cm³/mol. The Balaban J connectivity index is 2.46. The predicted octanol–water partition coefficient (Wildman–Crippen LogP) is 0.352. The van der Waals surface area contributed by atoms with E-state index >= 15 is 0 Å². The van der Waals surface area contributed by atoms with Crippen LogP contribution in [0.15, 0.2) is 0 Å². The fourth-order valence-corrected chi connectivity index (χ4v) is 1.48. The fourth-order valence-electron chi connectivity index (χ4n) is 1.48. The van der Waals surface area contributed by atoms with E-state index in [0.29, 0.717) is 6.04 Å². The Morgan fingerprint density at radius 1 is 1.46 bits per heavy atom. The number of rotatable bonds is 0. The van der Waals surface area contributed by atoms with E-state index in [-0.39, 0.29) is 6.03 Å². The number of hydrogen-bond donors (Lipinski definition) is 1. The maximum absolute atomic E-state index is 11.6. The lowest BCUT2D eigenvalue weighted by atomic mass is 10.2. The highest BCUT2D eigenvalue weighted by atomic mass is 16.2. The number of nitrogens with zero attached hydrogens (tertiary/aromatic N) is 2. The van der Waals surface area contributed by atoms with Gasteiger partial charge in [0, 0.05) is 39.8 Å². The molecular formula is C9H19N3O. The van der Waals surface area contributed by atoms with Gasteiger partial charge in [-0.2, -0.15) is 0 Å². The monoisotopic (exact) mass is 185 g/mol. The summed E-state index contributed by atoms with van der Waals surface area (Å²) in [6.45, 7) is 4.75. The second kappa shape index (κ2) is 4.46. The third kappa shape index (κ3) is 2.88. The van der Waals surface area contributed by atoms with Gasteiger partial charge >= 0.3 is 6.03 Å². The molecule has 0 aliphatic carbocycles. The van der Waals surface area contributed by atoms with Crippen LogP contribution in [-0.4, -0.2) is 55.6 Å². The highest BCUT2D eigenvalue weighted by molar-refractivity contribution is 5.73. The van der Waals surface area contributed by atoms with Crippen molar-refractivity contribution in [3.63, 3.8) is 0 Å². The maximum atomic E-state index is 11.6. The fraction of sp³-hybridized carbons (Fsp3) is 0.889. The molecule has 0 spiro atoms. The Bertz CT molecular complexity index is 182. The average Bonchev–Trinajstić information content (AvgIpc) is 2.28. The lowest BCUT2D eigenvalue weighted by Gasteiger charge is -2.23. The second-order valence-corrected chi connectivity index (χ2v) is 3.81. The van der Waals surface area contributed by atoms with Crippen molar-refractivity contribution < 1.29 is 4.79 Å². The molecule has 1 aliphatic heterocycles. The summed E-state index contributed by atoms with van der Waals surface area (Å²) in [5, 5.41) is 3.36. The van der Waals surface area contributed by atoms with Gasteiger partial charge in [0.1, 0.15) is 0 Å². The summed E-state index contributed by atoms with van der Waals surface area (Å²) in [6, 6.07) is 0.649. The molecule has 76 valence electrons. The molecule has 0 radical (unpaired) electrons. The molecule has 1 heterocycles. The van der Waals surface area contributed by atoms with Gasteiger partial charge in [-0.1, -0.05) is 0 Å². The third-order valence-corrected chi connectivity index (χ3v) is 2.36. The van der Waals surface area contributed by atoms with E-state index in [0.717, 1.165) is 26.1 Å². The van der Waals surface area contributed by atoms with Crippen LogP contribution in [0.5, 0.6) is 0 Å². The van der Waals surface area contributed by atoms with Crippen LogP contribution in [-0.2, 0) is 0 Å². The number of urea groups is 1. The minimum Gasteiger partial charge on any atom is -0.331 e. The molecule has 0 aromatic heterocycles. The molecule has 0 bridgehead atoms. The van der Waals surface area contributed by atoms with E-state index in [1.807, 2.05) is 4.90 Å². The van der Waals surface area contributed by atoms with Crippen LogP contribution >= 0.6 is 0 Å². The summed E-state index contributed by atoms with van der Waals surface area (Å²) in [4.78, 5) is 15.1. The van der Waals surface area contributed by atoms with Gasteiger partial charge in [-0.3, -0.25) is 0 Å². The van der Waals surface area contributed by atoms with Gasteiger partial charge in [0.15, 0.2) is 0 Å². The van der Waals surface area contributed by atoms with Crippen molar-refractivity contribution in [1.29, 1.82) is 0 Å². The highest BCUT2D eigenvalue weighted by Gasteiger charge is 2.18. The molecule has 0 aromatic carbocycles. The zero-order valence-corrected chi connectivity index (χ0v) is 8.71. The Hall–Kier alpha value is -0.770. The summed E-state index contributed by atoms with van der Waals surface area (Å²) in [5.41, 5.74) is 0. The molecule has 1 unspecified atom stereocenters. The zero-order valence-electron chi connectivity index (χ0n) is 8.71.